The molecule has 4 aliphatic rings. The van der Waals surface area contributed by atoms with Gasteiger partial charge in [0.25, 0.3) is 0 Å². The van der Waals surface area contributed by atoms with Crippen molar-refractivity contribution in [3.8, 4) is 11.5 Å². The largest absolute Gasteiger partial charge is 0.454 e. The van der Waals surface area contributed by atoms with Gasteiger partial charge in [0.1, 0.15) is 11.5 Å². The molecule has 0 saturated heterocycles. The topological polar surface area (TPSA) is 18.5 Å². The molecule has 4 fully saturated rings. The van der Waals surface area contributed by atoms with Gasteiger partial charge in [-0.3, -0.25) is 0 Å². The Hall–Kier alpha value is -1.96. The molecule has 130 valence electrons. The summed E-state index contributed by atoms with van der Waals surface area (Å²) in [6.07, 6.45) is 7.91. The van der Waals surface area contributed by atoms with Gasteiger partial charge >= 0.3 is 0 Å². The highest BCUT2D eigenvalue weighted by Gasteiger charge is 2.56. The Morgan fingerprint density at radius 1 is 0.640 bits per heavy atom. The number of ether oxygens (including phenoxy) is 2. The van der Waals surface area contributed by atoms with Gasteiger partial charge in [0.05, 0.1) is 0 Å². The first-order valence-corrected chi connectivity index (χ1v) is 9.72. The van der Waals surface area contributed by atoms with E-state index in [1.54, 1.807) is 0 Å². The van der Waals surface area contributed by atoms with E-state index in [0.717, 1.165) is 29.3 Å². The van der Waals surface area contributed by atoms with E-state index in [1.165, 1.54) is 38.5 Å². The van der Waals surface area contributed by atoms with Crippen molar-refractivity contribution < 1.29 is 9.47 Å². The van der Waals surface area contributed by atoms with E-state index >= 15 is 0 Å². The van der Waals surface area contributed by atoms with Gasteiger partial charge in [-0.2, -0.15) is 0 Å². The van der Waals surface area contributed by atoms with Crippen LogP contribution >= 0.6 is 0 Å². The second-order valence-electron chi connectivity index (χ2n) is 8.47. The van der Waals surface area contributed by atoms with Crippen molar-refractivity contribution in [3.63, 3.8) is 0 Å². The highest BCUT2D eigenvalue weighted by Crippen LogP contribution is 2.61. The highest BCUT2D eigenvalue weighted by atomic mass is 16.7. The molecule has 25 heavy (non-hydrogen) atoms. The Balaban J connectivity index is 1.46. The van der Waals surface area contributed by atoms with E-state index in [0.29, 0.717) is 0 Å². The Labute approximate surface area is 150 Å². The number of hydrogen-bond donors (Lipinski definition) is 0. The Bertz CT molecular complexity index is 633. The second kappa shape index (κ2) is 6.09. The average Bonchev–Trinajstić information content (AvgIpc) is 2.62. The predicted molar refractivity (Wildman–Crippen MR) is 98.5 cm³/mol. The minimum atomic E-state index is -0.189. The molecule has 0 aromatic heterocycles. The van der Waals surface area contributed by atoms with Crippen LogP contribution in [-0.4, -0.2) is 6.29 Å². The van der Waals surface area contributed by atoms with E-state index in [-0.39, 0.29) is 11.7 Å². The minimum Gasteiger partial charge on any atom is -0.454 e. The van der Waals surface area contributed by atoms with Crippen LogP contribution in [0.15, 0.2) is 60.7 Å². The normalized spacial score (nSPS) is 32.8. The number of rotatable bonds is 5. The van der Waals surface area contributed by atoms with Crippen molar-refractivity contribution >= 4 is 0 Å². The SMILES string of the molecule is c1ccc(OC(Oc2ccccc2)C23CC4CC(CC(C4)C2)C3)cc1. The van der Waals surface area contributed by atoms with Gasteiger partial charge in [-0.15, -0.1) is 0 Å². The first-order chi connectivity index (χ1) is 12.3. The van der Waals surface area contributed by atoms with Crippen LogP contribution in [0.4, 0.5) is 0 Å². The molecular formula is C23H26O2. The fourth-order valence-electron chi connectivity index (χ4n) is 5.99. The first kappa shape index (κ1) is 15.3. The lowest BCUT2D eigenvalue weighted by molar-refractivity contribution is -0.178. The summed E-state index contributed by atoms with van der Waals surface area (Å²) in [4.78, 5) is 0. The monoisotopic (exact) mass is 334 g/mol. The zero-order valence-electron chi connectivity index (χ0n) is 14.6. The average molecular weight is 334 g/mol. The second-order valence-corrected chi connectivity index (χ2v) is 8.47. The van der Waals surface area contributed by atoms with Crippen LogP contribution < -0.4 is 9.47 Å². The Morgan fingerprint density at radius 3 is 1.44 bits per heavy atom. The molecule has 0 heterocycles. The molecule has 4 aliphatic carbocycles. The van der Waals surface area contributed by atoms with Gasteiger partial charge < -0.3 is 9.47 Å². The molecule has 6 rings (SSSR count). The van der Waals surface area contributed by atoms with E-state index in [4.69, 9.17) is 9.47 Å². The van der Waals surface area contributed by atoms with Gasteiger partial charge in [-0.25, -0.2) is 0 Å². The van der Waals surface area contributed by atoms with E-state index < -0.39 is 0 Å². The highest BCUT2D eigenvalue weighted by molar-refractivity contribution is 5.24. The van der Waals surface area contributed by atoms with Gasteiger partial charge in [0.2, 0.25) is 6.29 Å². The lowest BCUT2D eigenvalue weighted by Crippen LogP contribution is -2.55. The number of benzene rings is 2. The summed E-state index contributed by atoms with van der Waals surface area (Å²) in [5.74, 6) is 4.48. The van der Waals surface area contributed by atoms with Crippen molar-refractivity contribution in [3.05, 3.63) is 60.7 Å². The summed E-state index contributed by atoms with van der Waals surface area (Å²) in [5.41, 5.74) is 0.181. The smallest absolute Gasteiger partial charge is 0.246 e. The summed E-state index contributed by atoms with van der Waals surface area (Å²) >= 11 is 0. The molecule has 2 nitrogen and oxygen atoms in total. The van der Waals surface area contributed by atoms with Crippen molar-refractivity contribution in [1.82, 2.24) is 0 Å². The van der Waals surface area contributed by atoms with Crippen LogP contribution in [0, 0.1) is 23.2 Å². The summed E-state index contributed by atoms with van der Waals surface area (Å²) in [7, 11) is 0. The molecule has 2 heteroatoms. The van der Waals surface area contributed by atoms with E-state index in [2.05, 4.69) is 0 Å². The maximum absolute atomic E-state index is 6.48. The van der Waals surface area contributed by atoms with Crippen molar-refractivity contribution in [2.75, 3.05) is 0 Å². The van der Waals surface area contributed by atoms with Crippen molar-refractivity contribution in [1.29, 1.82) is 0 Å². The molecule has 0 radical (unpaired) electrons. The number of para-hydroxylation sites is 2. The maximum Gasteiger partial charge on any atom is 0.246 e. The molecular weight excluding hydrogens is 308 g/mol. The Morgan fingerprint density at radius 2 is 1.04 bits per heavy atom. The molecule has 2 aromatic carbocycles. The summed E-state index contributed by atoms with van der Waals surface area (Å²) in [6, 6.07) is 20.4. The molecule has 0 aliphatic heterocycles. The van der Waals surface area contributed by atoms with Crippen LogP contribution in [0.1, 0.15) is 38.5 Å². The summed E-state index contributed by atoms with van der Waals surface area (Å²) < 4.78 is 13.0. The zero-order chi connectivity index (χ0) is 16.7. The quantitative estimate of drug-likeness (QED) is 0.654. The fourth-order valence-corrected chi connectivity index (χ4v) is 5.99. The summed E-state index contributed by atoms with van der Waals surface area (Å²) in [5, 5.41) is 0. The van der Waals surface area contributed by atoms with E-state index in [1.807, 2.05) is 60.7 Å². The lowest BCUT2D eigenvalue weighted by Gasteiger charge is -2.58. The lowest BCUT2D eigenvalue weighted by atomic mass is 9.49. The van der Waals surface area contributed by atoms with Crippen LogP contribution in [0.2, 0.25) is 0 Å². The molecule has 0 N–H and O–H groups in total. The third-order valence-corrected chi connectivity index (χ3v) is 6.56. The standard InChI is InChI=1S/C23H26O2/c1-3-7-20(8-4-1)24-22(25-21-9-5-2-6-10-21)23-14-17-11-18(15-23)13-19(12-17)16-23/h1-10,17-19,22H,11-16H2. The van der Waals surface area contributed by atoms with Crippen molar-refractivity contribution in [2.45, 2.75) is 44.8 Å². The third-order valence-electron chi connectivity index (χ3n) is 6.56. The van der Waals surface area contributed by atoms with Crippen LogP contribution in [0.3, 0.4) is 0 Å². The fraction of sp³-hybridized carbons (Fsp3) is 0.478. The molecule has 4 saturated carbocycles. The molecule has 4 bridgehead atoms. The van der Waals surface area contributed by atoms with Crippen LogP contribution in [-0.2, 0) is 0 Å². The molecule has 0 unspecified atom stereocenters. The zero-order valence-corrected chi connectivity index (χ0v) is 14.6. The molecule has 0 spiro atoms. The number of hydrogen-bond acceptors (Lipinski definition) is 2. The van der Waals surface area contributed by atoms with Crippen LogP contribution in [0.5, 0.6) is 11.5 Å². The summed E-state index contributed by atoms with van der Waals surface area (Å²) in [6.45, 7) is 0. The van der Waals surface area contributed by atoms with Gasteiger partial charge in [0.15, 0.2) is 0 Å². The third kappa shape index (κ3) is 2.92. The van der Waals surface area contributed by atoms with E-state index in [9.17, 15) is 0 Å². The van der Waals surface area contributed by atoms with Crippen molar-refractivity contribution in [2.24, 2.45) is 23.2 Å². The van der Waals surface area contributed by atoms with Crippen LogP contribution in [0.25, 0.3) is 0 Å². The van der Waals surface area contributed by atoms with Gasteiger partial charge in [-0.05, 0) is 80.5 Å². The maximum atomic E-state index is 6.48. The predicted octanol–water partition coefficient (Wildman–Crippen LogP) is 5.69. The van der Waals surface area contributed by atoms with Gasteiger partial charge in [0, 0.05) is 5.41 Å². The van der Waals surface area contributed by atoms with Gasteiger partial charge in [-0.1, -0.05) is 36.4 Å². The molecule has 0 amide bonds. The minimum absolute atomic E-state index is 0.181. The first-order valence-electron chi connectivity index (χ1n) is 9.72. The Kier molecular flexibility index (Phi) is 3.73. The molecule has 2 aromatic rings. The molecule has 0 atom stereocenters.